The van der Waals surface area contributed by atoms with Gasteiger partial charge in [-0.05, 0) is 39.5 Å². The van der Waals surface area contributed by atoms with E-state index in [1.54, 1.807) is 0 Å². The lowest BCUT2D eigenvalue weighted by Gasteiger charge is -2.09. The van der Waals surface area contributed by atoms with Crippen molar-refractivity contribution in [2.24, 2.45) is 11.5 Å². The first-order chi connectivity index (χ1) is 7.52. The molecule has 0 radical (unpaired) electrons. The summed E-state index contributed by atoms with van der Waals surface area (Å²) in [6.45, 7) is 5.30. The fraction of sp³-hybridized carbons (Fsp3) is 0.909. The molecule has 0 aliphatic rings. The molecule has 5 nitrogen and oxygen atoms in total. The van der Waals surface area contributed by atoms with Gasteiger partial charge in [-0.15, -0.1) is 0 Å². The number of hydrogen-bond acceptors (Lipinski definition) is 3. The highest BCUT2D eigenvalue weighted by molar-refractivity contribution is 5.73. The number of hydrogen-bond donors (Lipinski definition) is 4. The van der Waals surface area contributed by atoms with Crippen LogP contribution < -0.4 is 22.1 Å². The van der Waals surface area contributed by atoms with Crippen LogP contribution in [0.15, 0.2) is 0 Å². The van der Waals surface area contributed by atoms with Gasteiger partial charge in [0.25, 0.3) is 0 Å². The van der Waals surface area contributed by atoms with E-state index in [-0.39, 0.29) is 18.1 Å². The zero-order chi connectivity index (χ0) is 12.4. The van der Waals surface area contributed by atoms with Crippen molar-refractivity contribution in [1.82, 2.24) is 10.6 Å². The van der Waals surface area contributed by atoms with Gasteiger partial charge in [-0.2, -0.15) is 0 Å². The van der Waals surface area contributed by atoms with Crippen LogP contribution in [0.5, 0.6) is 0 Å². The maximum absolute atomic E-state index is 11.2. The Bertz CT molecular complexity index is 165. The molecule has 0 aromatic carbocycles. The molecule has 6 N–H and O–H groups in total. The van der Waals surface area contributed by atoms with E-state index in [2.05, 4.69) is 10.6 Å². The molecule has 16 heavy (non-hydrogen) atoms. The molecule has 2 unspecified atom stereocenters. The van der Waals surface area contributed by atoms with Crippen molar-refractivity contribution in [3.63, 3.8) is 0 Å². The molecule has 96 valence electrons. The Hall–Kier alpha value is -0.810. The second-order valence-electron chi connectivity index (χ2n) is 4.42. The number of nitrogens with two attached hydrogens (primary N) is 2. The standard InChI is InChI=1S/C11H26N4O/c1-9(12)5-3-7-14-11(16)15-8-4-6-10(2)13/h9-10H,3-8,12-13H2,1-2H3,(H2,14,15,16). The summed E-state index contributed by atoms with van der Waals surface area (Å²) in [6.07, 6.45) is 3.71. The van der Waals surface area contributed by atoms with E-state index in [0.717, 1.165) is 25.7 Å². The Labute approximate surface area is 98.3 Å². The van der Waals surface area contributed by atoms with Crippen LogP contribution in [0.25, 0.3) is 0 Å². The predicted molar refractivity (Wildman–Crippen MR) is 67.2 cm³/mol. The van der Waals surface area contributed by atoms with Crippen molar-refractivity contribution in [3.8, 4) is 0 Å². The van der Waals surface area contributed by atoms with Gasteiger partial charge in [0.05, 0.1) is 0 Å². The summed E-state index contributed by atoms with van der Waals surface area (Å²) in [4.78, 5) is 11.2. The van der Waals surface area contributed by atoms with E-state index in [1.165, 1.54) is 0 Å². The summed E-state index contributed by atoms with van der Waals surface area (Å²) in [5, 5.41) is 5.58. The maximum atomic E-state index is 11.2. The third kappa shape index (κ3) is 11.3. The lowest BCUT2D eigenvalue weighted by molar-refractivity contribution is 0.240. The first-order valence-electron chi connectivity index (χ1n) is 6.05. The highest BCUT2D eigenvalue weighted by Gasteiger charge is 2.00. The summed E-state index contributed by atoms with van der Waals surface area (Å²) in [5.41, 5.74) is 11.2. The number of nitrogens with one attached hydrogen (secondary N) is 2. The lowest BCUT2D eigenvalue weighted by atomic mass is 10.2. The largest absolute Gasteiger partial charge is 0.338 e. The summed E-state index contributed by atoms with van der Waals surface area (Å²) in [7, 11) is 0. The van der Waals surface area contributed by atoms with Crippen molar-refractivity contribution < 1.29 is 4.79 Å². The summed E-state index contributed by atoms with van der Waals surface area (Å²) < 4.78 is 0. The summed E-state index contributed by atoms with van der Waals surface area (Å²) >= 11 is 0. The molecule has 0 aromatic heterocycles. The molecule has 0 fully saturated rings. The van der Waals surface area contributed by atoms with Gasteiger partial charge in [0, 0.05) is 25.2 Å². The van der Waals surface area contributed by atoms with Crippen molar-refractivity contribution in [2.45, 2.75) is 51.6 Å². The average Bonchev–Trinajstić information content (AvgIpc) is 2.19. The number of carbonyl (C=O) groups excluding carboxylic acids is 1. The van der Waals surface area contributed by atoms with E-state index < -0.39 is 0 Å². The van der Waals surface area contributed by atoms with Gasteiger partial charge in [-0.1, -0.05) is 0 Å². The van der Waals surface area contributed by atoms with E-state index in [9.17, 15) is 4.79 Å². The van der Waals surface area contributed by atoms with Crippen molar-refractivity contribution in [1.29, 1.82) is 0 Å². The first kappa shape index (κ1) is 15.2. The van der Waals surface area contributed by atoms with Gasteiger partial charge in [0.1, 0.15) is 0 Å². The minimum absolute atomic E-state index is 0.102. The third-order valence-electron chi connectivity index (χ3n) is 2.24. The average molecular weight is 230 g/mol. The molecule has 2 amide bonds. The molecule has 2 atom stereocenters. The van der Waals surface area contributed by atoms with E-state index in [0.29, 0.717) is 13.1 Å². The van der Waals surface area contributed by atoms with Crippen LogP contribution in [0.4, 0.5) is 4.79 Å². The molecule has 0 aromatic rings. The fourth-order valence-electron chi connectivity index (χ4n) is 1.31. The first-order valence-corrected chi connectivity index (χ1v) is 6.05. The molecule has 0 spiro atoms. The number of urea groups is 1. The highest BCUT2D eigenvalue weighted by atomic mass is 16.2. The van der Waals surface area contributed by atoms with Crippen LogP contribution in [-0.2, 0) is 0 Å². The Morgan fingerprint density at radius 3 is 1.69 bits per heavy atom. The molecule has 5 heteroatoms. The highest BCUT2D eigenvalue weighted by Crippen LogP contribution is 1.92. The Balaban J connectivity index is 3.25. The van der Waals surface area contributed by atoms with Crippen molar-refractivity contribution in [3.05, 3.63) is 0 Å². The number of amides is 2. The van der Waals surface area contributed by atoms with Gasteiger partial charge in [0.15, 0.2) is 0 Å². The van der Waals surface area contributed by atoms with E-state index in [1.807, 2.05) is 13.8 Å². The Morgan fingerprint density at radius 1 is 1.00 bits per heavy atom. The minimum atomic E-state index is -0.102. The number of carbonyl (C=O) groups is 1. The monoisotopic (exact) mass is 230 g/mol. The molecular weight excluding hydrogens is 204 g/mol. The van der Waals surface area contributed by atoms with Crippen LogP contribution in [0, 0.1) is 0 Å². The normalized spacial score (nSPS) is 14.2. The molecule has 0 rings (SSSR count). The van der Waals surface area contributed by atoms with Gasteiger partial charge in [-0.3, -0.25) is 0 Å². The third-order valence-corrected chi connectivity index (χ3v) is 2.24. The minimum Gasteiger partial charge on any atom is -0.338 e. The number of rotatable bonds is 8. The lowest BCUT2D eigenvalue weighted by Crippen LogP contribution is -2.37. The topological polar surface area (TPSA) is 93.2 Å². The summed E-state index contributed by atoms with van der Waals surface area (Å²) in [6, 6.07) is 0.307. The second kappa shape index (κ2) is 9.42. The molecule has 0 saturated heterocycles. The predicted octanol–water partition coefficient (Wildman–Crippen LogP) is 0.540. The second-order valence-corrected chi connectivity index (χ2v) is 4.42. The maximum Gasteiger partial charge on any atom is 0.314 e. The Morgan fingerprint density at radius 2 is 1.38 bits per heavy atom. The fourth-order valence-corrected chi connectivity index (χ4v) is 1.31. The molecule has 0 aliphatic heterocycles. The van der Waals surface area contributed by atoms with E-state index in [4.69, 9.17) is 11.5 Å². The van der Waals surface area contributed by atoms with Gasteiger partial charge in [-0.25, -0.2) is 4.79 Å². The molecular formula is C11H26N4O. The quantitative estimate of drug-likeness (QED) is 0.458. The van der Waals surface area contributed by atoms with Crippen molar-refractivity contribution in [2.75, 3.05) is 13.1 Å². The summed E-state index contributed by atoms with van der Waals surface area (Å²) in [5.74, 6) is 0. The van der Waals surface area contributed by atoms with Gasteiger partial charge < -0.3 is 22.1 Å². The van der Waals surface area contributed by atoms with Crippen molar-refractivity contribution >= 4 is 6.03 Å². The van der Waals surface area contributed by atoms with E-state index >= 15 is 0 Å². The zero-order valence-corrected chi connectivity index (χ0v) is 10.5. The van der Waals surface area contributed by atoms with Crippen LogP contribution >= 0.6 is 0 Å². The molecule has 0 aliphatic carbocycles. The van der Waals surface area contributed by atoms with Gasteiger partial charge >= 0.3 is 6.03 Å². The zero-order valence-electron chi connectivity index (χ0n) is 10.5. The van der Waals surface area contributed by atoms with Gasteiger partial charge in [0.2, 0.25) is 0 Å². The van der Waals surface area contributed by atoms with Crippen LogP contribution in [-0.4, -0.2) is 31.2 Å². The smallest absolute Gasteiger partial charge is 0.314 e. The molecule has 0 saturated carbocycles. The van der Waals surface area contributed by atoms with Crippen LogP contribution in [0.3, 0.4) is 0 Å². The molecule has 0 heterocycles. The van der Waals surface area contributed by atoms with Crippen LogP contribution in [0.1, 0.15) is 39.5 Å². The Kier molecular flexibility index (Phi) is 8.94. The SMILES string of the molecule is CC(N)CCCNC(=O)NCCCC(C)N. The molecule has 0 bridgehead atoms. The van der Waals surface area contributed by atoms with Crippen LogP contribution in [0.2, 0.25) is 0 Å².